The Morgan fingerprint density at radius 3 is 2.88 bits per heavy atom. The first-order valence-electron chi connectivity index (χ1n) is 6.61. The van der Waals surface area contributed by atoms with Crippen LogP contribution in [0.25, 0.3) is 0 Å². The van der Waals surface area contributed by atoms with Crippen molar-refractivity contribution in [1.82, 2.24) is 4.98 Å². The maximum atomic E-state index is 12.0. The monoisotopic (exact) mass is 230 g/mol. The van der Waals surface area contributed by atoms with Crippen LogP contribution in [-0.2, 0) is 17.6 Å². The number of aryl methyl sites for hydroxylation is 2. The number of hydrogen-bond donors (Lipinski definition) is 1. The van der Waals surface area contributed by atoms with E-state index >= 15 is 0 Å². The van der Waals surface area contributed by atoms with Crippen molar-refractivity contribution in [2.45, 2.75) is 44.9 Å². The Kier molecular flexibility index (Phi) is 2.83. The standard InChI is InChI=1S/C14H18N2O/c17-14(10-4-1-2-5-10)16-12-8-11-6-3-7-13(11)15-9-12/h8-10H,1-7H2,(H,16,17). The van der Waals surface area contributed by atoms with Crippen LogP contribution < -0.4 is 5.32 Å². The summed E-state index contributed by atoms with van der Waals surface area (Å²) < 4.78 is 0. The number of nitrogens with one attached hydrogen (secondary N) is 1. The minimum Gasteiger partial charge on any atom is -0.324 e. The number of hydrogen-bond acceptors (Lipinski definition) is 2. The van der Waals surface area contributed by atoms with E-state index in [1.165, 1.54) is 30.5 Å². The van der Waals surface area contributed by atoms with Gasteiger partial charge in [-0.1, -0.05) is 12.8 Å². The van der Waals surface area contributed by atoms with Crippen LogP contribution in [0.15, 0.2) is 12.3 Å². The van der Waals surface area contributed by atoms with E-state index in [0.717, 1.165) is 31.4 Å². The number of rotatable bonds is 2. The maximum absolute atomic E-state index is 12.0. The third kappa shape index (κ3) is 2.19. The fraction of sp³-hybridized carbons (Fsp3) is 0.571. The number of nitrogens with zero attached hydrogens (tertiary/aromatic N) is 1. The van der Waals surface area contributed by atoms with Crippen molar-refractivity contribution in [1.29, 1.82) is 0 Å². The molecule has 1 aromatic heterocycles. The topological polar surface area (TPSA) is 42.0 Å². The van der Waals surface area contributed by atoms with E-state index in [1.54, 1.807) is 6.20 Å². The van der Waals surface area contributed by atoms with Crippen LogP contribution >= 0.6 is 0 Å². The van der Waals surface area contributed by atoms with E-state index in [2.05, 4.69) is 16.4 Å². The highest BCUT2D eigenvalue weighted by atomic mass is 16.1. The first-order valence-corrected chi connectivity index (χ1v) is 6.61. The first-order chi connectivity index (χ1) is 8.33. The fourth-order valence-electron chi connectivity index (χ4n) is 2.93. The van der Waals surface area contributed by atoms with Gasteiger partial charge in [0.15, 0.2) is 0 Å². The second-order valence-electron chi connectivity index (χ2n) is 5.15. The zero-order chi connectivity index (χ0) is 11.7. The average Bonchev–Trinajstić information content (AvgIpc) is 2.99. The molecule has 0 unspecified atom stereocenters. The molecule has 0 atom stereocenters. The molecule has 0 spiro atoms. The third-order valence-electron chi connectivity index (χ3n) is 3.91. The van der Waals surface area contributed by atoms with Gasteiger partial charge >= 0.3 is 0 Å². The van der Waals surface area contributed by atoms with Crippen molar-refractivity contribution in [3.63, 3.8) is 0 Å². The molecule has 1 fully saturated rings. The van der Waals surface area contributed by atoms with E-state index in [-0.39, 0.29) is 11.8 Å². The van der Waals surface area contributed by atoms with Gasteiger partial charge in [-0.2, -0.15) is 0 Å². The van der Waals surface area contributed by atoms with Crippen LogP contribution in [0.4, 0.5) is 5.69 Å². The van der Waals surface area contributed by atoms with Crippen molar-refractivity contribution >= 4 is 11.6 Å². The van der Waals surface area contributed by atoms with E-state index in [1.807, 2.05) is 0 Å². The predicted molar refractivity (Wildman–Crippen MR) is 66.8 cm³/mol. The van der Waals surface area contributed by atoms with Crippen LogP contribution in [0.3, 0.4) is 0 Å². The van der Waals surface area contributed by atoms with Crippen molar-refractivity contribution in [3.8, 4) is 0 Å². The lowest BCUT2D eigenvalue weighted by Gasteiger charge is -2.10. The van der Waals surface area contributed by atoms with E-state index < -0.39 is 0 Å². The first kappa shape index (κ1) is 10.8. The molecule has 3 heteroatoms. The van der Waals surface area contributed by atoms with Crippen molar-refractivity contribution in [3.05, 3.63) is 23.5 Å². The van der Waals surface area contributed by atoms with Crippen molar-refractivity contribution in [2.75, 3.05) is 5.32 Å². The minimum atomic E-state index is 0.183. The molecule has 1 heterocycles. The molecular formula is C14H18N2O. The van der Waals surface area contributed by atoms with Crippen LogP contribution in [0.5, 0.6) is 0 Å². The molecule has 0 saturated heterocycles. The average molecular weight is 230 g/mol. The van der Waals surface area contributed by atoms with Gasteiger partial charge < -0.3 is 5.32 Å². The van der Waals surface area contributed by atoms with Gasteiger partial charge in [-0.3, -0.25) is 9.78 Å². The molecule has 0 radical (unpaired) electrons. The molecule has 3 rings (SSSR count). The van der Waals surface area contributed by atoms with Gasteiger partial charge in [0.2, 0.25) is 5.91 Å². The number of aromatic nitrogens is 1. The number of anilines is 1. The largest absolute Gasteiger partial charge is 0.324 e. The van der Waals surface area contributed by atoms with Crippen LogP contribution in [0, 0.1) is 5.92 Å². The lowest BCUT2D eigenvalue weighted by atomic mass is 10.1. The molecule has 2 aliphatic carbocycles. The summed E-state index contributed by atoms with van der Waals surface area (Å²) in [5.74, 6) is 0.408. The van der Waals surface area contributed by atoms with Gasteiger partial charge in [-0.05, 0) is 43.7 Å². The van der Waals surface area contributed by atoms with Gasteiger partial charge in [-0.15, -0.1) is 0 Å². The lowest BCUT2D eigenvalue weighted by molar-refractivity contribution is -0.119. The van der Waals surface area contributed by atoms with Gasteiger partial charge in [0.05, 0.1) is 11.9 Å². The van der Waals surface area contributed by atoms with Gasteiger partial charge in [-0.25, -0.2) is 0 Å². The van der Waals surface area contributed by atoms with Crippen molar-refractivity contribution < 1.29 is 4.79 Å². The molecular weight excluding hydrogens is 212 g/mol. The summed E-state index contributed by atoms with van der Waals surface area (Å²) in [6.07, 6.45) is 9.68. The van der Waals surface area contributed by atoms with Crippen LogP contribution in [-0.4, -0.2) is 10.9 Å². The Bertz CT molecular complexity index is 436. The van der Waals surface area contributed by atoms with Crippen LogP contribution in [0.2, 0.25) is 0 Å². The number of carbonyl (C=O) groups excluding carboxylic acids is 1. The Balaban J connectivity index is 1.70. The highest BCUT2D eigenvalue weighted by Crippen LogP contribution is 2.27. The lowest BCUT2D eigenvalue weighted by Crippen LogP contribution is -2.20. The molecule has 2 aliphatic rings. The molecule has 1 saturated carbocycles. The van der Waals surface area contributed by atoms with E-state index in [4.69, 9.17) is 0 Å². The van der Waals surface area contributed by atoms with Crippen molar-refractivity contribution in [2.24, 2.45) is 5.92 Å². The maximum Gasteiger partial charge on any atom is 0.227 e. The Morgan fingerprint density at radius 2 is 2.06 bits per heavy atom. The smallest absolute Gasteiger partial charge is 0.227 e. The molecule has 0 aliphatic heterocycles. The molecule has 90 valence electrons. The van der Waals surface area contributed by atoms with Crippen LogP contribution in [0.1, 0.15) is 43.4 Å². The zero-order valence-electron chi connectivity index (χ0n) is 10.0. The quantitative estimate of drug-likeness (QED) is 0.848. The van der Waals surface area contributed by atoms with E-state index in [9.17, 15) is 4.79 Å². The summed E-state index contributed by atoms with van der Waals surface area (Å²) in [7, 11) is 0. The molecule has 1 aromatic rings. The molecule has 1 N–H and O–H groups in total. The molecule has 0 aromatic carbocycles. The summed E-state index contributed by atoms with van der Waals surface area (Å²) in [6, 6.07) is 2.10. The summed E-state index contributed by atoms with van der Waals surface area (Å²) in [6.45, 7) is 0. The Hall–Kier alpha value is -1.38. The highest BCUT2D eigenvalue weighted by Gasteiger charge is 2.23. The van der Waals surface area contributed by atoms with E-state index in [0.29, 0.717) is 0 Å². The molecule has 0 bridgehead atoms. The number of pyridine rings is 1. The van der Waals surface area contributed by atoms with Gasteiger partial charge in [0, 0.05) is 11.6 Å². The molecule has 3 nitrogen and oxygen atoms in total. The highest BCUT2D eigenvalue weighted by molar-refractivity contribution is 5.92. The van der Waals surface area contributed by atoms with Gasteiger partial charge in [0.1, 0.15) is 0 Å². The Labute approximate surface area is 102 Å². The molecule has 17 heavy (non-hydrogen) atoms. The summed E-state index contributed by atoms with van der Waals surface area (Å²) in [5.41, 5.74) is 3.40. The van der Waals surface area contributed by atoms with Gasteiger partial charge in [0.25, 0.3) is 0 Å². The Morgan fingerprint density at radius 1 is 1.24 bits per heavy atom. The zero-order valence-corrected chi connectivity index (χ0v) is 10.0. The SMILES string of the molecule is O=C(Nc1cnc2c(c1)CCC2)C1CCCC1. The summed E-state index contributed by atoms with van der Waals surface area (Å²) >= 11 is 0. The number of carbonyl (C=O) groups is 1. The molecule has 1 amide bonds. The normalized spacial score (nSPS) is 19.3. The number of fused-ring (bicyclic) bond motifs is 1. The second kappa shape index (κ2) is 4.47. The third-order valence-corrected chi connectivity index (χ3v) is 3.91. The number of amides is 1. The summed E-state index contributed by atoms with van der Waals surface area (Å²) in [4.78, 5) is 16.4. The minimum absolute atomic E-state index is 0.183. The predicted octanol–water partition coefficient (Wildman–Crippen LogP) is 2.70. The fourth-order valence-corrected chi connectivity index (χ4v) is 2.93. The summed E-state index contributed by atoms with van der Waals surface area (Å²) in [5, 5.41) is 3.01. The second-order valence-corrected chi connectivity index (χ2v) is 5.15.